The number of benzene rings is 1. The van der Waals surface area contributed by atoms with Crippen LogP contribution in [-0.2, 0) is 0 Å². The lowest BCUT2D eigenvalue weighted by Crippen LogP contribution is -2.22. The van der Waals surface area contributed by atoms with E-state index in [1.807, 2.05) is 6.92 Å². The van der Waals surface area contributed by atoms with Crippen molar-refractivity contribution in [1.82, 2.24) is 4.98 Å². The summed E-state index contributed by atoms with van der Waals surface area (Å²) < 4.78 is 0.806. The molecule has 6 nitrogen and oxygen atoms in total. The molecule has 1 aromatic carbocycles. The van der Waals surface area contributed by atoms with Crippen molar-refractivity contribution in [2.45, 2.75) is 6.92 Å². The maximum atomic E-state index is 11.1. The van der Waals surface area contributed by atoms with E-state index in [2.05, 4.69) is 4.98 Å². The summed E-state index contributed by atoms with van der Waals surface area (Å²) in [6.45, 7) is 2.16. The van der Waals surface area contributed by atoms with Crippen LogP contribution in [0.15, 0.2) is 12.1 Å². The maximum absolute atomic E-state index is 11.1. The fourth-order valence-corrected chi connectivity index (χ4v) is 2.63. The van der Waals surface area contributed by atoms with Crippen LogP contribution >= 0.6 is 11.3 Å². The largest absolute Gasteiger partial charge is 0.395 e. The monoisotopic (exact) mass is 267 g/mol. The van der Waals surface area contributed by atoms with E-state index in [1.165, 1.54) is 11.3 Å². The van der Waals surface area contributed by atoms with Gasteiger partial charge in [-0.25, -0.2) is 4.98 Å². The number of fused-ring (bicyclic) bond motifs is 1. The molecule has 7 heteroatoms. The summed E-state index contributed by atoms with van der Waals surface area (Å²) in [5, 5.41) is 20.9. The predicted octanol–water partition coefficient (Wildman–Crippen LogP) is 1.94. The van der Waals surface area contributed by atoms with Crippen molar-refractivity contribution < 1.29 is 10.0 Å². The molecule has 0 bridgehead atoms. The highest BCUT2D eigenvalue weighted by Gasteiger charge is 2.19. The second kappa shape index (κ2) is 4.87. The lowest BCUT2D eigenvalue weighted by molar-refractivity contribution is -0.384. The van der Waals surface area contributed by atoms with E-state index in [-0.39, 0.29) is 12.3 Å². The molecule has 0 unspecified atom stereocenters. The van der Waals surface area contributed by atoms with Crippen LogP contribution in [0.4, 0.5) is 11.4 Å². The summed E-state index contributed by atoms with van der Waals surface area (Å²) in [6.07, 6.45) is 0. The quantitative estimate of drug-likeness (QED) is 0.676. The number of hydrogen-bond donors (Lipinski definition) is 1. The van der Waals surface area contributed by atoms with Crippen molar-refractivity contribution in [3.63, 3.8) is 0 Å². The standard InChI is InChI=1S/C11H13N3O3S/c1-7-12-8-5-9(13(2)3-4-15)10(14(16)17)6-11(8)18-7/h5-6,15H,3-4H2,1-2H3. The van der Waals surface area contributed by atoms with Crippen molar-refractivity contribution in [1.29, 1.82) is 0 Å². The van der Waals surface area contributed by atoms with E-state index >= 15 is 0 Å². The van der Waals surface area contributed by atoms with Crippen LogP contribution in [0.3, 0.4) is 0 Å². The Bertz CT molecular complexity index is 596. The van der Waals surface area contributed by atoms with Crippen LogP contribution in [0.2, 0.25) is 0 Å². The molecule has 96 valence electrons. The first kappa shape index (κ1) is 12.7. The average Bonchev–Trinajstić information content (AvgIpc) is 2.66. The highest BCUT2D eigenvalue weighted by atomic mass is 32.1. The molecule has 0 saturated carbocycles. The minimum atomic E-state index is -0.405. The summed E-state index contributed by atoms with van der Waals surface area (Å²) >= 11 is 1.43. The molecular weight excluding hydrogens is 254 g/mol. The van der Waals surface area contributed by atoms with Crippen LogP contribution in [-0.4, -0.2) is 35.2 Å². The molecule has 0 atom stereocenters. The topological polar surface area (TPSA) is 79.5 Å². The number of likely N-dealkylation sites (N-methyl/N-ethyl adjacent to an activating group) is 1. The molecular formula is C11H13N3O3S. The number of nitro benzene ring substituents is 1. The Kier molecular flexibility index (Phi) is 3.44. The zero-order valence-electron chi connectivity index (χ0n) is 10.1. The number of rotatable bonds is 4. The van der Waals surface area contributed by atoms with Gasteiger partial charge in [0, 0.05) is 19.7 Å². The Balaban J connectivity index is 2.60. The van der Waals surface area contributed by atoms with Gasteiger partial charge in [-0.3, -0.25) is 10.1 Å². The molecule has 1 N–H and O–H groups in total. The zero-order valence-corrected chi connectivity index (χ0v) is 10.9. The highest BCUT2D eigenvalue weighted by molar-refractivity contribution is 7.18. The number of anilines is 1. The second-order valence-electron chi connectivity index (χ2n) is 3.94. The number of nitro groups is 1. The van der Waals surface area contributed by atoms with Crippen molar-refractivity contribution in [3.8, 4) is 0 Å². The van der Waals surface area contributed by atoms with E-state index in [0.29, 0.717) is 12.2 Å². The molecule has 0 aliphatic carbocycles. The maximum Gasteiger partial charge on any atom is 0.294 e. The summed E-state index contributed by atoms with van der Waals surface area (Å²) in [5.74, 6) is 0. The first-order valence-electron chi connectivity index (χ1n) is 5.40. The molecule has 0 aliphatic rings. The summed E-state index contributed by atoms with van der Waals surface area (Å²) in [5.41, 5.74) is 1.27. The second-order valence-corrected chi connectivity index (χ2v) is 5.18. The lowest BCUT2D eigenvalue weighted by atomic mass is 10.2. The van der Waals surface area contributed by atoms with E-state index in [0.717, 1.165) is 15.2 Å². The fourth-order valence-electron chi connectivity index (χ4n) is 1.79. The number of aromatic nitrogens is 1. The van der Waals surface area contributed by atoms with Gasteiger partial charge in [-0.15, -0.1) is 11.3 Å². The third kappa shape index (κ3) is 2.27. The molecule has 0 radical (unpaired) electrons. The van der Waals surface area contributed by atoms with Crippen LogP contribution in [0.25, 0.3) is 10.2 Å². The van der Waals surface area contributed by atoms with Crippen LogP contribution in [0, 0.1) is 17.0 Å². The minimum Gasteiger partial charge on any atom is -0.395 e. The number of aliphatic hydroxyl groups is 1. The van der Waals surface area contributed by atoms with Gasteiger partial charge < -0.3 is 10.0 Å². The summed E-state index contributed by atoms with van der Waals surface area (Å²) in [4.78, 5) is 16.7. The van der Waals surface area contributed by atoms with Gasteiger partial charge in [0.1, 0.15) is 5.69 Å². The molecule has 18 heavy (non-hydrogen) atoms. The average molecular weight is 267 g/mol. The Morgan fingerprint density at radius 3 is 2.89 bits per heavy atom. The first-order chi connectivity index (χ1) is 8.52. The van der Waals surface area contributed by atoms with E-state index in [4.69, 9.17) is 5.11 Å². The third-order valence-corrected chi connectivity index (χ3v) is 3.57. The lowest BCUT2D eigenvalue weighted by Gasteiger charge is -2.17. The Labute approximate surface area is 108 Å². The molecule has 2 aromatic rings. The smallest absolute Gasteiger partial charge is 0.294 e. The first-order valence-corrected chi connectivity index (χ1v) is 6.22. The van der Waals surface area contributed by atoms with Crippen molar-refractivity contribution >= 4 is 32.9 Å². The number of thiazole rings is 1. The van der Waals surface area contributed by atoms with Gasteiger partial charge in [0.2, 0.25) is 0 Å². The van der Waals surface area contributed by atoms with E-state index < -0.39 is 4.92 Å². The molecule has 1 heterocycles. The molecule has 0 aliphatic heterocycles. The zero-order chi connectivity index (χ0) is 13.3. The summed E-state index contributed by atoms with van der Waals surface area (Å²) in [7, 11) is 1.71. The molecule has 0 amide bonds. The van der Waals surface area contributed by atoms with E-state index in [9.17, 15) is 10.1 Å². The fraction of sp³-hybridized carbons (Fsp3) is 0.364. The van der Waals surface area contributed by atoms with Crippen molar-refractivity contribution in [2.24, 2.45) is 0 Å². The van der Waals surface area contributed by atoms with Crippen LogP contribution in [0.1, 0.15) is 5.01 Å². The molecule has 0 spiro atoms. The number of nitrogens with zero attached hydrogens (tertiary/aromatic N) is 3. The highest BCUT2D eigenvalue weighted by Crippen LogP contribution is 2.34. The Hall–Kier alpha value is -1.73. The SMILES string of the molecule is Cc1nc2cc(N(C)CCO)c([N+](=O)[O-])cc2s1. The van der Waals surface area contributed by atoms with Crippen molar-refractivity contribution in [3.05, 3.63) is 27.3 Å². The number of aryl methyl sites for hydroxylation is 1. The minimum absolute atomic E-state index is 0.0436. The summed E-state index contributed by atoms with van der Waals surface area (Å²) in [6, 6.07) is 3.25. The van der Waals surface area contributed by atoms with Gasteiger partial charge in [0.25, 0.3) is 5.69 Å². The van der Waals surface area contributed by atoms with Gasteiger partial charge in [-0.2, -0.15) is 0 Å². The molecule has 1 aromatic heterocycles. The normalized spacial score (nSPS) is 10.8. The molecule has 0 fully saturated rings. The Morgan fingerprint density at radius 2 is 2.28 bits per heavy atom. The van der Waals surface area contributed by atoms with Crippen LogP contribution in [0.5, 0.6) is 0 Å². The third-order valence-electron chi connectivity index (χ3n) is 2.64. The number of aliphatic hydroxyl groups excluding tert-OH is 1. The Morgan fingerprint density at radius 1 is 1.56 bits per heavy atom. The van der Waals surface area contributed by atoms with Gasteiger partial charge in [0.05, 0.1) is 26.8 Å². The van der Waals surface area contributed by atoms with Crippen molar-refractivity contribution in [2.75, 3.05) is 25.1 Å². The van der Waals surface area contributed by atoms with Gasteiger partial charge in [0.15, 0.2) is 0 Å². The predicted molar refractivity (Wildman–Crippen MR) is 71.4 cm³/mol. The number of hydrogen-bond acceptors (Lipinski definition) is 6. The molecule has 0 saturated heterocycles. The van der Waals surface area contributed by atoms with Gasteiger partial charge in [-0.05, 0) is 13.0 Å². The van der Waals surface area contributed by atoms with Crippen LogP contribution < -0.4 is 4.90 Å². The van der Waals surface area contributed by atoms with E-state index in [1.54, 1.807) is 24.1 Å². The van der Waals surface area contributed by atoms with Gasteiger partial charge >= 0.3 is 0 Å². The molecule has 2 rings (SSSR count). The van der Waals surface area contributed by atoms with Gasteiger partial charge in [-0.1, -0.05) is 0 Å².